The molecule has 1 amide bonds. The van der Waals surface area contributed by atoms with E-state index in [1.54, 1.807) is 12.1 Å². The molecule has 0 spiro atoms. The molecule has 0 aromatic heterocycles. The summed E-state index contributed by atoms with van der Waals surface area (Å²) >= 11 is 3.45. The van der Waals surface area contributed by atoms with Gasteiger partial charge in [-0.1, -0.05) is 29.8 Å². The normalized spacial score (nSPS) is 10.4. The number of halogens is 2. The largest absolute Gasteiger partial charge is 0.493 e. The van der Waals surface area contributed by atoms with Gasteiger partial charge < -0.3 is 14.8 Å². The molecule has 3 aromatic carbocycles. The molecule has 0 aliphatic rings. The Kier molecular flexibility index (Phi) is 6.31. The van der Waals surface area contributed by atoms with Crippen LogP contribution in [0.15, 0.2) is 65.1 Å². The van der Waals surface area contributed by atoms with Gasteiger partial charge in [-0.15, -0.1) is 0 Å². The van der Waals surface area contributed by atoms with Gasteiger partial charge in [0, 0.05) is 11.3 Å². The van der Waals surface area contributed by atoms with E-state index in [1.807, 2.05) is 31.2 Å². The highest BCUT2D eigenvalue weighted by Gasteiger charge is 2.16. The lowest BCUT2D eigenvalue weighted by atomic mass is 10.1. The summed E-state index contributed by atoms with van der Waals surface area (Å²) in [7, 11) is 1.52. The lowest BCUT2D eigenvalue weighted by Gasteiger charge is -2.15. The first-order valence-electron chi connectivity index (χ1n) is 8.59. The Bertz CT molecular complexity index is 972. The van der Waals surface area contributed by atoms with E-state index in [0.29, 0.717) is 33.8 Å². The van der Waals surface area contributed by atoms with E-state index < -0.39 is 0 Å². The van der Waals surface area contributed by atoms with Gasteiger partial charge in [-0.25, -0.2) is 4.39 Å². The van der Waals surface area contributed by atoms with Crippen LogP contribution in [0, 0.1) is 12.7 Å². The fourth-order valence-corrected chi connectivity index (χ4v) is 3.12. The molecule has 6 heteroatoms. The lowest BCUT2D eigenvalue weighted by molar-refractivity contribution is 0.102. The summed E-state index contributed by atoms with van der Waals surface area (Å²) in [5, 5.41) is 2.72. The number of ether oxygens (including phenoxy) is 2. The molecule has 0 fully saturated rings. The Balaban J connectivity index is 1.77. The van der Waals surface area contributed by atoms with Crippen molar-refractivity contribution in [2.75, 3.05) is 12.4 Å². The van der Waals surface area contributed by atoms with Crippen molar-refractivity contribution < 1.29 is 18.7 Å². The predicted molar refractivity (Wildman–Crippen MR) is 111 cm³/mol. The van der Waals surface area contributed by atoms with E-state index >= 15 is 0 Å². The fraction of sp³-hybridized carbons (Fsp3) is 0.136. The Morgan fingerprint density at radius 1 is 1.07 bits per heavy atom. The van der Waals surface area contributed by atoms with Crippen LogP contribution in [-0.4, -0.2) is 13.0 Å². The maximum atomic E-state index is 13.0. The molecule has 0 bridgehead atoms. The predicted octanol–water partition coefficient (Wildman–Crippen LogP) is 5.74. The number of nitrogens with one attached hydrogen (secondary N) is 1. The molecule has 28 heavy (non-hydrogen) atoms. The quantitative estimate of drug-likeness (QED) is 0.528. The van der Waals surface area contributed by atoms with E-state index in [0.717, 1.165) is 5.56 Å². The van der Waals surface area contributed by atoms with Gasteiger partial charge in [0.1, 0.15) is 12.4 Å². The molecule has 3 aromatic rings. The van der Waals surface area contributed by atoms with Crippen LogP contribution in [0.5, 0.6) is 11.5 Å². The SMILES string of the molecule is COc1cc(C(=O)Nc2ccc(F)cc2)cc(Br)c1OCc1ccc(C)cc1. The van der Waals surface area contributed by atoms with E-state index in [2.05, 4.69) is 21.2 Å². The van der Waals surface area contributed by atoms with Gasteiger partial charge in [0.25, 0.3) is 5.91 Å². The Hall–Kier alpha value is -2.86. The standard InChI is InChI=1S/C22H19BrFNO3/c1-14-3-5-15(6-4-14)13-28-21-19(23)11-16(12-20(21)27-2)22(26)25-18-9-7-17(24)8-10-18/h3-12H,13H2,1-2H3,(H,25,26). The molecular weight excluding hydrogens is 425 g/mol. The highest BCUT2D eigenvalue weighted by atomic mass is 79.9. The number of methoxy groups -OCH3 is 1. The minimum absolute atomic E-state index is 0.337. The zero-order chi connectivity index (χ0) is 20.1. The molecule has 0 aliphatic heterocycles. The summed E-state index contributed by atoms with van der Waals surface area (Å²) in [5.74, 6) is 0.250. The van der Waals surface area contributed by atoms with Crippen LogP contribution < -0.4 is 14.8 Å². The number of rotatable bonds is 6. The van der Waals surface area contributed by atoms with Crippen molar-refractivity contribution in [1.82, 2.24) is 0 Å². The van der Waals surface area contributed by atoms with Crippen molar-refractivity contribution in [2.45, 2.75) is 13.5 Å². The van der Waals surface area contributed by atoms with Gasteiger partial charge in [-0.05, 0) is 64.8 Å². The second-order valence-corrected chi connectivity index (χ2v) is 7.08. The average molecular weight is 444 g/mol. The Morgan fingerprint density at radius 3 is 2.39 bits per heavy atom. The summed E-state index contributed by atoms with van der Waals surface area (Å²) in [6, 6.07) is 16.9. The maximum absolute atomic E-state index is 13.0. The zero-order valence-corrected chi connectivity index (χ0v) is 17.0. The van der Waals surface area contributed by atoms with Gasteiger partial charge in [0.15, 0.2) is 11.5 Å². The van der Waals surface area contributed by atoms with Crippen LogP contribution in [0.2, 0.25) is 0 Å². The molecule has 0 radical (unpaired) electrons. The minimum Gasteiger partial charge on any atom is -0.493 e. The number of hydrogen-bond acceptors (Lipinski definition) is 3. The Morgan fingerprint density at radius 2 is 1.75 bits per heavy atom. The van der Waals surface area contributed by atoms with Gasteiger partial charge >= 0.3 is 0 Å². The van der Waals surface area contributed by atoms with Crippen LogP contribution in [0.3, 0.4) is 0 Å². The second kappa shape index (κ2) is 8.89. The molecule has 0 unspecified atom stereocenters. The highest BCUT2D eigenvalue weighted by molar-refractivity contribution is 9.10. The number of anilines is 1. The van der Waals surface area contributed by atoms with Crippen molar-refractivity contribution in [3.8, 4) is 11.5 Å². The van der Waals surface area contributed by atoms with Crippen LogP contribution in [0.1, 0.15) is 21.5 Å². The first kappa shape index (κ1) is 19.9. The van der Waals surface area contributed by atoms with Gasteiger partial charge in [-0.3, -0.25) is 4.79 Å². The number of benzene rings is 3. The van der Waals surface area contributed by atoms with Crippen molar-refractivity contribution in [2.24, 2.45) is 0 Å². The first-order chi connectivity index (χ1) is 13.5. The molecule has 144 valence electrons. The Labute approximate surface area is 171 Å². The molecule has 1 N–H and O–H groups in total. The molecule has 0 aliphatic carbocycles. The number of aryl methyl sites for hydroxylation is 1. The summed E-state index contributed by atoms with van der Waals surface area (Å²) in [5.41, 5.74) is 3.09. The monoisotopic (exact) mass is 443 g/mol. The third kappa shape index (κ3) is 4.89. The van der Waals surface area contributed by atoms with Gasteiger partial charge in [-0.2, -0.15) is 0 Å². The van der Waals surface area contributed by atoms with Crippen molar-refractivity contribution in [1.29, 1.82) is 0 Å². The van der Waals surface area contributed by atoms with E-state index in [-0.39, 0.29) is 11.7 Å². The molecule has 0 saturated heterocycles. The third-order valence-corrected chi connectivity index (χ3v) is 4.69. The number of carbonyl (C=O) groups is 1. The average Bonchev–Trinajstić information content (AvgIpc) is 2.69. The van der Waals surface area contributed by atoms with Crippen molar-refractivity contribution in [3.05, 3.63) is 87.6 Å². The molecule has 0 atom stereocenters. The number of carbonyl (C=O) groups excluding carboxylic acids is 1. The summed E-state index contributed by atoms with van der Waals surface area (Å²) in [4.78, 5) is 12.5. The topological polar surface area (TPSA) is 47.6 Å². The molecular formula is C22H19BrFNO3. The van der Waals surface area contributed by atoms with E-state index in [4.69, 9.17) is 9.47 Å². The second-order valence-electron chi connectivity index (χ2n) is 6.22. The first-order valence-corrected chi connectivity index (χ1v) is 9.38. The van der Waals surface area contributed by atoms with Crippen LogP contribution >= 0.6 is 15.9 Å². The summed E-state index contributed by atoms with van der Waals surface area (Å²) in [6.45, 7) is 2.40. The minimum atomic E-state index is -0.363. The maximum Gasteiger partial charge on any atom is 0.255 e. The molecule has 0 saturated carbocycles. The molecule has 0 heterocycles. The van der Waals surface area contributed by atoms with Crippen molar-refractivity contribution >= 4 is 27.5 Å². The van der Waals surface area contributed by atoms with E-state index in [9.17, 15) is 9.18 Å². The highest BCUT2D eigenvalue weighted by Crippen LogP contribution is 2.37. The van der Waals surface area contributed by atoms with Crippen molar-refractivity contribution in [3.63, 3.8) is 0 Å². The van der Waals surface area contributed by atoms with Gasteiger partial charge in [0.2, 0.25) is 0 Å². The molecule has 4 nitrogen and oxygen atoms in total. The summed E-state index contributed by atoms with van der Waals surface area (Å²) in [6.07, 6.45) is 0. The molecule has 3 rings (SSSR count). The smallest absolute Gasteiger partial charge is 0.255 e. The summed E-state index contributed by atoms with van der Waals surface area (Å²) < 4.78 is 24.9. The van der Waals surface area contributed by atoms with Crippen LogP contribution in [0.4, 0.5) is 10.1 Å². The van der Waals surface area contributed by atoms with Gasteiger partial charge in [0.05, 0.1) is 11.6 Å². The number of amides is 1. The fourth-order valence-electron chi connectivity index (χ4n) is 2.57. The number of hydrogen-bond donors (Lipinski definition) is 1. The lowest BCUT2D eigenvalue weighted by Crippen LogP contribution is -2.12. The van der Waals surface area contributed by atoms with Crippen LogP contribution in [0.25, 0.3) is 0 Å². The van der Waals surface area contributed by atoms with Crippen LogP contribution in [-0.2, 0) is 6.61 Å². The zero-order valence-electron chi connectivity index (χ0n) is 15.5. The third-order valence-electron chi connectivity index (χ3n) is 4.10. The van der Waals surface area contributed by atoms with E-state index in [1.165, 1.54) is 36.9 Å².